The molecule has 15 heavy (non-hydrogen) atoms. The molecule has 9 heteroatoms. The Kier molecular flexibility index (Phi) is 8.25. The van der Waals surface area contributed by atoms with E-state index in [4.69, 9.17) is 9.79 Å². The minimum Gasteiger partial charge on any atom is -0.748 e. The molecule has 0 saturated carbocycles. The van der Waals surface area contributed by atoms with Crippen molar-refractivity contribution < 1.29 is 56.9 Å². The van der Waals surface area contributed by atoms with Gasteiger partial charge in [0.1, 0.15) is 0 Å². The summed E-state index contributed by atoms with van der Waals surface area (Å²) in [7, 11) is -8.76. The molecule has 0 aliphatic rings. The number of hydrogen-bond acceptors (Lipinski definition) is 4. The summed E-state index contributed by atoms with van der Waals surface area (Å²) in [5.74, 6) is 0. The standard InChI is InChI=1S/C6H15O6PS.Na/c1-3-6(13(7,8)9)4-5(2)14(10,11)12;/h5-6H,3-4H2,1-2H3,(H2,7,8,9)(H,10,11,12);/q;+1/p-1. The predicted octanol–water partition coefficient (Wildman–Crippen LogP) is -2.73. The predicted molar refractivity (Wildman–Crippen MR) is 49.9 cm³/mol. The SMILES string of the molecule is CCC(CC(C)S(=O)(=O)[O-])P(=O)(O)O.[Na+]. The molecule has 0 aliphatic carbocycles. The third kappa shape index (κ3) is 7.07. The average molecular weight is 268 g/mol. The Bertz CT molecular complexity index is 323. The summed E-state index contributed by atoms with van der Waals surface area (Å²) >= 11 is 0. The minimum absolute atomic E-state index is 0. The van der Waals surface area contributed by atoms with Crippen LogP contribution in [0.25, 0.3) is 0 Å². The zero-order valence-electron chi connectivity index (χ0n) is 8.95. The van der Waals surface area contributed by atoms with Gasteiger partial charge in [0.15, 0.2) is 0 Å². The van der Waals surface area contributed by atoms with Crippen LogP contribution in [0.3, 0.4) is 0 Å². The van der Waals surface area contributed by atoms with Gasteiger partial charge in [0, 0.05) is 5.25 Å². The first kappa shape index (κ1) is 18.4. The molecule has 0 aromatic rings. The maximum absolute atomic E-state index is 10.8. The molecule has 6 nitrogen and oxygen atoms in total. The van der Waals surface area contributed by atoms with Crippen molar-refractivity contribution >= 4 is 17.7 Å². The maximum atomic E-state index is 10.8. The van der Waals surface area contributed by atoms with Gasteiger partial charge in [-0.2, -0.15) is 0 Å². The molecule has 0 fully saturated rings. The average Bonchev–Trinajstić information content (AvgIpc) is 1.95. The van der Waals surface area contributed by atoms with E-state index in [1.165, 1.54) is 6.92 Å². The summed E-state index contributed by atoms with van der Waals surface area (Å²) < 4.78 is 42.3. The van der Waals surface area contributed by atoms with E-state index in [-0.39, 0.29) is 42.4 Å². The molecule has 0 aromatic heterocycles. The van der Waals surface area contributed by atoms with Crippen molar-refractivity contribution in [1.29, 1.82) is 0 Å². The van der Waals surface area contributed by atoms with Crippen molar-refractivity contribution in [3.8, 4) is 0 Å². The first-order chi connectivity index (χ1) is 6.09. The van der Waals surface area contributed by atoms with Crippen molar-refractivity contribution in [2.75, 3.05) is 0 Å². The fraction of sp³-hybridized carbons (Fsp3) is 1.00. The largest absolute Gasteiger partial charge is 1.00 e. The van der Waals surface area contributed by atoms with Crippen molar-refractivity contribution in [3.63, 3.8) is 0 Å². The molecule has 86 valence electrons. The monoisotopic (exact) mass is 268 g/mol. The molecule has 0 saturated heterocycles. The van der Waals surface area contributed by atoms with Crippen LogP contribution in [0.2, 0.25) is 0 Å². The van der Waals surface area contributed by atoms with Crippen LogP contribution in [0, 0.1) is 0 Å². The molecule has 0 aliphatic heterocycles. The smallest absolute Gasteiger partial charge is 0.748 e. The van der Waals surface area contributed by atoms with E-state index in [0.29, 0.717) is 0 Å². The Hall–Kier alpha value is 1.06. The molecule has 2 N–H and O–H groups in total. The van der Waals surface area contributed by atoms with Crippen LogP contribution >= 0.6 is 7.60 Å². The van der Waals surface area contributed by atoms with Crippen LogP contribution in [0.1, 0.15) is 26.7 Å². The normalized spacial score (nSPS) is 16.6. The molecule has 0 heterocycles. The Morgan fingerprint density at radius 1 is 1.40 bits per heavy atom. The summed E-state index contributed by atoms with van der Waals surface area (Å²) in [5.41, 5.74) is -1.05. The second-order valence-corrected chi connectivity index (χ2v) is 6.89. The van der Waals surface area contributed by atoms with Crippen LogP contribution < -0.4 is 29.6 Å². The van der Waals surface area contributed by atoms with Crippen LogP contribution in [0.4, 0.5) is 0 Å². The third-order valence-corrected chi connectivity index (χ3v) is 4.75. The Balaban J connectivity index is 0. The van der Waals surface area contributed by atoms with Gasteiger partial charge < -0.3 is 14.3 Å². The number of hydrogen-bond donors (Lipinski definition) is 2. The van der Waals surface area contributed by atoms with Gasteiger partial charge in [0.2, 0.25) is 0 Å². The van der Waals surface area contributed by atoms with E-state index < -0.39 is 28.6 Å². The van der Waals surface area contributed by atoms with Crippen LogP contribution in [0.5, 0.6) is 0 Å². The van der Waals surface area contributed by atoms with Crippen LogP contribution in [-0.2, 0) is 14.7 Å². The first-order valence-corrected chi connectivity index (χ1v) is 7.24. The second kappa shape index (κ2) is 6.71. The molecule has 0 spiro atoms. The maximum Gasteiger partial charge on any atom is 1.00 e. The van der Waals surface area contributed by atoms with Crippen molar-refractivity contribution in [3.05, 3.63) is 0 Å². The van der Waals surface area contributed by atoms with E-state index in [1.807, 2.05) is 0 Å². The zero-order chi connectivity index (χ0) is 11.6. The van der Waals surface area contributed by atoms with Crippen molar-refractivity contribution in [1.82, 2.24) is 0 Å². The van der Waals surface area contributed by atoms with E-state index in [9.17, 15) is 17.5 Å². The van der Waals surface area contributed by atoms with E-state index in [0.717, 1.165) is 6.92 Å². The summed E-state index contributed by atoms with van der Waals surface area (Å²) in [6.07, 6.45) is -0.156. The van der Waals surface area contributed by atoms with Gasteiger partial charge in [-0.3, -0.25) is 4.57 Å². The Morgan fingerprint density at radius 2 is 1.80 bits per heavy atom. The van der Waals surface area contributed by atoms with Gasteiger partial charge in [-0.05, 0) is 19.8 Å². The summed E-state index contributed by atoms with van der Waals surface area (Å²) in [5, 5.41) is -1.26. The molecule has 0 radical (unpaired) electrons. The number of rotatable bonds is 5. The summed E-state index contributed by atoms with van der Waals surface area (Å²) in [6.45, 7) is 2.69. The third-order valence-electron chi connectivity index (χ3n) is 2.04. The molecular weight excluding hydrogens is 254 g/mol. The van der Waals surface area contributed by atoms with Gasteiger partial charge in [-0.1, -0.05) is 6.92 Å². The van der Waals surface area contributed by atoms with Gasteiger partial charge in [-0.25, -0.2) is 8.42 Å². The fourth-order valence-electron chi connectivity index (χ4n) is 1.04. The van der Waals surface area contributed by atoms with Crippen molar-refractivity contribution in [2.45, 2.75) is 37.6 Å². The summed E-state index contributed by atoms with van der Waals surface area (Å²) in [6, 6.07) is 0. The molecule has 0 amide bonds. The Labute approximate surface area is 112 Å². The molecule has 0 bridgehead atoms. The molecule has 0 rings (SSSR count). The van der Waals surface area contributed by atoms with Gasteiger partial charge in [0.25, 0.3) is 0 Å². The fourth-order valence-corrected chi connectivity index (χ4v) is 2.72. The summed E-state index contributed by atoms with van der Waals surface area (Å²) in [4.78, 5) is 17.6. The second-order valence-electron chi connectivity index (χ2n) is 3.19. The first-order valence-electron chi connectivity index (χ1n) is 4.09. The quantitative estimate of drug-likeness (QED) is 0.318. The van der Waals surface area contributed by atoms with E-state index in [2.05, 4.69) is 0 Å². The van der Waals surface area contributed by atoms with Gasteiger partial charge >= 0.3 is 37.2 Å². The topological polar surface area (TPSA) is 115 Å². The molecule has 2 atom stereocenters. The van der Waals surface area contributed by atoms with Crippen LogP contribution in [-0.4, -0.2) is 33.7 Å². The molecule has 0 aromatic carbocycles. The van der Waals surface area contributed by atoms with Gasteiger partial charge in [-0.15, -0.1) is 0 Å². The molecule has 2 unspecified atom stereocenters. The minimum atomic E-state index is -4.46. The van der Waals surface area contributed by atoms with E-state index >= 15 is 0 Å². The molecular formula is C6H14NaO6PS. The van der Waals surface area contributed by atoms with E-state index in [1.54, 1.807) is 0 Å². The van der Waals surface area contributed by atoms with Crippen LogP contribution in [0.15, 0.2) is 0 Å². The van der Waals surface area contributed by atoms with Gasteiger partial charge in [0.05, 0.1) is 15.8 Å². The zero-order valence-corrected chi connectivity index (χ0v) is 12.7. The Morgan fingerprint density at radius 3 is 2.00 bits per heavy atom. The van der Waals surface area contributed by atoms with Crippen molar-refractivity contribution in [2.24, 2.45) is 0 Å².